The Morgan fingerprint density at radius 3 is 1.01 bits per heavy atom. The van der Waals surface area contributed by atoms with Crippen molar-refractivity contribution in [2.24, 2.45) is 0 Å². The minimum atomic E-state index is -2.25. The first-order chi connectivity index (χ1) is 31.7. The van der Waals surface area contributed by atoms with E-state index in [4.69, 9.17) is 52.1 Å². The average molecular weight is 991 g/mol. The van der Waals surface area contributed by atoms with Gasteiger partial charge in [0.2, 0.25) is 0 Å². The van der Waals surface area contributed by atoms with E-state index in [0.717, 1.165) is 0 Å². The standard InChI is InChI=1S/C36H62O31/c37-1-7-13(41)19(47)24(52)32(60-7)57-6-12-18(46)28(27(55)31(56)59-12)65-36-30(67-34-26(54)21(49)15(43)9(3-39)62-34)23(51)17(45)11(64-36)5-58-35-29(22(50)16(44)10(4-40)63-35)66-33-25(53)20(48)14(42)8(2-38)61-33/h7-56H,1-6H2/t7-,8-,9-,10-,11-,12-,13-,14+,15+,16+,17+,18-,19+,20+,21+,22+,23+,24+,25-,26-,27+,28+,29-,30-,31?,32+,33-,34-,35+,36-/m1/s1. The average Bonchev–Trinajstić information content (AvgIpc) is 3.31. The summed E-state index contributed by atoms with van der Waals surface area (Å²) >= 11 is 0. The molecule has 31 heteroatoms. The molecule has 0 aliphatic carbocycles. The molecule has 6 aliphatic rings. The van der Waals surface area contributed by atoms with Gasteiger partial charge in [-0.25, -0.2) is 0 Å². The highest BCUT2D eigenvalue weighted by Gasteiger charge is 2.56. The second-order valence-electron chi connectivity index (χ2n) is 16.8. The van der Waals surface area contributed by atoms with Crippen LogP contribution in [0, 0.1) is 0 Å². The lowest BCUT2D eigenvalue weighted by Gasteiger charge is -2.49. The van der Waals surface area contributed by atoms with Crippen molar-refractivity contribution in [1.82, 2.24) is 0 Å². The molecule has 6 aliphatic heterocycles. The Bertz CT molecular complexity index is 1500. The van der Waals surface area contributed by atoms with Crippen molar-refractivity contribution in [1.29, 1.82) is 0 Å². The van der Waals surface area contributed by atoms with Crippen molar-refractivity contribution < 1.29 is 154 Å². The summed E-state index contributed by atoms with van der Waals surface area (Å²) in [6.45, 7) is -5.37. The molecule has 0 saturated carbocycles. The summed E-state index contributed by atoms with van der Waals surface area (Å²) < 4.78 is 61.1. The Balaban J connectivity index is 1.23. The van der Waals surface area contributed by atoms with Crippen LogP contribution in [0.25, 0.3) is 0 Å². The molecule has 30 atom stereocenters. The van der Waals surface area contributed by atoms with Gasteiger partial charge >= 0.3 is 0 Å². The van der Waals surface area contributed by atoms with Gasteiger partial charge in [-0.1, -0.05) is 0 Å². The molecule has 0 bridgehead atoms. The Labute approximate surface area is 378 Å². The van der Waals surface area contributed by atoms with E-state index in [0.29, 0.717) is 0 Å². The quantitative estimate of drug-likeness (QED) is 0.0683. The van der Waals surface area contributed by atoms with Crippen LogP contribution in [-0.4, -0.2) is 326 Å². The SMILES string of the molecule is OC[C@H]1O[C@H](O[C@H]2[C@@H](OC[C@H]3O[C@H](O[C@H]4[C@H](O)[C@@H](CO[C@H]5O[C@H](CO)[C@@H](O)[C@H](O)[C@@H]5O)OC(O)[C@H]4O)[C@H](O[C@H]4O[C@H](CO)[C@H](O)[C@H](O)[C@H]4O)[C@@H](O)[C@H]3O)O[C@H](CO)[C@H](O)[C@@H]2O)[C@H](O)[C@@H](O)[C@H]1O. The number of aliphatic hydroxyl groups excluding tert-OH is 20. The first kappa shape index (κ1) is 55.1. The van der Waals surface area contributed by atoms with Gasteiger partial charge in [0, 0.05) is 0 Å². The van der Waals surface area contributed by atoms with Gasteiger partial charge in [-0.2, -0.15) is 0 Å². The maximum Gasteiger partial charge on any atom is 0.187 e. The molecule has 6 fully saturated rings. The highest BCUT2D eigenvalue weighted by Crippen LogP contribution is 2.35. The van der Waals surface area contributed by atoms with E-state index in [9.17, 15) is 102 Å². The molecule has 0 aromatic heterocycles. The third-order valence-electron chi connectivity index (χ3n) is 12.4. The van der Waals surface area contributed by atoms with Gasteiger partial charge in [0.25, 0.3) is 0 Å². The number of hydrogen-bond acceptors (Lipinski definition) is 31. The molecule has 0 spiro atoms. The highest BCUT2D eigenvalue weighted by atomic mass is 16.8. The van der Waals surface area contributed by atoms with E-state index < -0.39 is 224 Å². The van der Waals surface area contributed by atoms with Gasteiger partial charge in [-0.05, 0) is 0 Å². The first-order valence-corrected chi connectivity index (χ1v) is 21.1. The van der Waals surface area contributed by atoms with Crippen LogP contribution in [0.5, 0.6) is 0 Å². The Morgan fingerprint density at radius 1 is 0.254 bits per heavy atom. The summed E-state index contributed by atoms with van der Waals surface area (Å²) in [7, 11) is 0. The second-order valence-corrected chi connectivity index (χ2v) is 16.8. The molecule has 0 radical (unpaired) electrons. The van der Waals surface area contributed by atoms with Crippen molar-refractivity contribution in [3.8, 4) is 0 Å². The molecular formula is C36H62O31. The van der Waals surface area contributed by atoms with Crippen molar-refractivity contribution in [3.63, 3.8) is 0 Å². The molecule has 0 aromatic rings. The molecule has 6 saturated heterocycles. The summed E-state index contributed by atoms with van der Waals surface area (Å²) in [6.07, 6.45) is -57.9. The third-order valence-corrected chi connectivity index (χ3v) is 12.4. The lowest BCUT2D eigenvalue weighted by molar-refractivity contribution is -0.395. The van der Waals surface area contributed by atoms with Crippen LogP contribution < -0.4 is 0 Å². The fourth-order valence-electron chi connectivity index (χ4n) is 8.26. The summed E-state index contributed by atoms with van der Waals surface area (Å²) in [5.74, 6) is 0. The minimum absolute atomic E-state index is 0.826. The Kier molecular flexibility index (Phi) is 19.4. The van der Waals surface area contributed by atoms with Crippen LogP contribution in [-0.2, 0) is 52.1 Å². The van der Waals surface area contributed by atoms with Crippen LogP contribution in [0.15, 0.2) is 0 Å². The molecule has 0 aromatic carbocycles. The van der Waals surface area contributed by atoms with Gasteiger partial charge < -0.3 is 154 Å². The van der Waals surface area contributed by atoms with Crippen molar-refractivity contribution in [2.75, 3.05) is 39.6 Å². The number of ether oxygens (including phenoxy) is 11. The fraction of sp³-hybridized carbons (Fsp3) is 1.00. The molecule has 67 heavy (non-hydrogen) atoms. The maximum absolute atomic E-state index is 11.5. The van der Waals surface area contributed by atoms with Crippen LogP contribution >= 0.6 is 0 Å². The highest BCUT2D eigenvalue weighted by molar-refractivity contribution is 4.98. The van der Waals surface area contributed by atoms with Gasteiger partial charge in [0.05, 0.1) is 39.6 Å². The van der Waals surface area contributed by atoms with Crippen LogP contribution in [0.4, 0.5) is 0 Å². The summed E-state index contributed by atoms with van der Waals surface area (Å²) in [6, 6.07) is 0. The number of aliphatic hydroxyl groups is 20. The van der Waals surface area contributed by atoms with Gasteiger partial charge in [-0.3, -0.25) is 0 Å². The summed E-state index contributed by atoms with van der Waals surface area (Å²) in [5, 5.41) is 210. The zero-order chi connectivity index (χ0) is 49.3. The van der Waals surface area contributed by atoms with Crippen molar-refractivity contribution >= 4 is 0 Å². The molecule has 6 heterocycles. The molecule has 20 N–H and O–H groups in total. The monoisotopic (exact) mass is 990 g/mol. The summed E-state index contributed by atoms with van der Waals surface area (Å²) in [4.78, 5) is 0. The van der Waals surface area contributed by atoms with E-state index in [1.54, 1.807) is 0 Å². The van der Waals surface area contributed by atoms with Gasteiger partial charge in [0.1, 0.15) is 146 Å². The van der Waals surface area contributed by atoms with Crippen molar-refractivity contribution in [2.45, 2.75) is 184 Å². The lowest BCUT2D eigenvalue weighted by atomic mass is 9.96. The van der Waals surface area contributed by atoms with Crippen molar-refractivity contribution in [3.05, 3.63) is 0 Å². The number of hydrogen-bond donors (Lipinski definition) is 20. The van der Waals surface area contributed by atoms with E-state index in [1.807, 2.05) is 0 Å². The Morgan fingerprint density at radius 2 is 0.567 bits per heavy atom. The van der Waals surface area contributed by atoms with E-state index in [1.165, 1.54) is 0 Å². The summed E-state index contributed by atoms with van der Waals surface area (Å²) in [5.41, 5.74) is 0. The number of rotatable bonds is 16. The van der Waals surface area contributed by atoms with Gasteiger partial charge in [-0.15, -0.1) is 0 Å². The van der Waals surface area contributed by atoms with E-state index >= 15 is 0 Å². The maximum atomic E-state index is 11.5. The smallest absolute Gasteiger partial charge is 0.187 e. The van der Waals surface area contributed by atoms with Gasteiger partial charge in [0.15, 0.2) is 37.7 Å². The topological polar surface area (TPSA) is 506 Å². The van der Waals surface area contributed by atoms with E-state index in [-0.39, 0.29) is 0 Å². The molecule has 31 nitrogen and oxygen atoms in total. The molecule has 0 amide bonds. The second kappa shape index (κ2) is 23.5. The predicted octanol–water partition coefficient (Wildman–Crippen LogP) is -14.1. The Hall–Kier alpha value is -1.24. The molecule has 1 unspecified atom stereocenters. The third kappa shape index (κ3) is 11.5. The van der Waals surface area contributed by atoms with E-state index in [2.05, 4.69) is 0 Å². The largest absolute Gasteiger partial charge is 0.394 e. The zero-order valence-corrected chi connectivity index (χ0v) is 35.0. The normalized spacial score (nSPS) is 53.4. The lowest BCUT2D eigenvalue weighted by Crippen LogP contribution is -2.67. The molecular weight excluding hydrogens is 928 g/mol. The van der Waals surface area contributed by atoms with Crippen LogP contribution in [0.3, 0.4) is 0 Å². The fourth-order valence-corrected chi connectivity index (χ4v) is 8.26. The van der Waals surface area contributed by atoms with Crippen LogP contribution in [0.2, 0.25) is 0 Å². The zero-order valence-electron chi connectivity index (χ0n) is 35.0. The minimum Gasteiger partial charge on any atom is -0.394 e. The molecule has 392 valence electrons. The molecule has 6 rings (SSSR count). The first-order valence-electron chi connectivity index (χ1n) is 21.1. The van der Waals surface area contributed by atoms with Crippen LogP contribution in [0.1, 0.15) is 0 Å². The predicted molar refractivity (Wildman–Crippen MR) is 199 cm³/mol.